The van der Waals surface area contributed by atoms with Crippen LogP contribution in [0.15, 0.2) is 120 Å². The Kier molecular flexibility index (Phi) is 9.60. The third-order valence-electron chi connectivity index (χ3n) is 8.27. The lowest BCUT2D eigenvalue weighted by molar-refractivity contribution is -0.140. The quantitative estimate of drug-likeness (QED) is 0.0838. The standard InChI is InChI=1S/C40H36N4O4/c1-27(2)47-22-10-21-43-39(45)36(28(3)37(24-41)40(43)46)23-32-25-44(33-14-5-4-6-15-33)42-38(32)30-17-19-34(20-18-30)48-26-31-13-9-12-29-11-7-8-16-35(29)31/h4-9,11-20,23,25,27H,10,21-22,26H2,1-3H3/b36-23+. The fraction of sp³-hybridized carbons (Fsp3) is 0.200. The van der Waals surface area contributed by atoms with Gasteiger partial charge in [-0.3, -0.25) is 14.5 Å². The summed E-state index contributed by atoms with van der Waals surface area (Å²) in [7, 11) is 0. The second kappa shape index (κ2) is 14.3. The van der Waals surface area contributed by atoms with Crippen molar-refractivity contribution >= 4 is 28.7 Å². The van der Waals surface area contributed by atoms with Gasteiger partial charge in [0.1, 0.15) is 24.0 Å². The first-order valence-electron chi connectivity index (χ1n) is 16.0. The van der Waals surface area contributed by atoms with E-state index < -0.39 is 11.8 Å². The van der Waals surface area contributed by atoms with Gasteiger partial charge in [-0.2, -0.15) is 10.4 Å². The molecule has 48 heavy (non-hydrogen) atoms. The maximum atomic E-state index is 13.8. The Morgan fingerprint density at radius 2 is 1.62 bits per heavy atom. The van der Waals surface area contributed by atoms with E-state index in [0.29, 0.717) is 42.2 Å². The van der Waals surface area contributed by atoms with Crippen LogP contribution in [0.5, 0.6) is 5.75 Å². The van der Waals surface area contributed by atoms with Gasteiger partial charge in [0.05, 0.1) is 17.5 Å². The molecule has 240 valence electrons. The topological polar surface area (TPSA) is 97.5 Å². The van der Waals surface area contributed by atoms with E-state index in [0.717, 1.165) is 27.1 Å². The summed E-state index contributed by atoms with van der Waals surface area (Å²) in [4.78, 5) is 28.1. The predicted octanol–water partition coefficient (Wildman–Crippen LogP) is 7.68. The summed E-state index contributed by atoms with van der Waals surface area (Å²) in [5.74, 6) is -0.317. The Balaban J connectivity index is 1.33. The zero-order chi connectivity index (χ0) is 33.6. The van der Waals surface area contributed by atoms with Crippen LogP contribution in [-0.2, 0) is 20.9 Å². The van der Waals surface area contributed by atoms with E-state index in [1.165, 1.54) is 5.39 Å². The molecule has 0 saturated heterocycles. The molecule has 0 radical (unpaired) electrons. The molecule has 6 rings (SSSR count). The fourth-order valence-electron chi connectivity index (χ4n) is 5.75. The number of ether oxygens (including phenoxy) is 2. The van der Waals surface area contributed by atoms with Crippen molar-refractivity contribution in [3.8, 4) is 28.8 Å². The zero-order valence-corrected chi connectivity index (χ0v) is 27.2. The highest BCUT2D eigenvalue weighted by Crippen LogP contribution is 2.32. The van der Waals surface area contributed by atoms with E-state index in [4.69, 9.17) is 14.6 Å². The van der Waals surface area contributed by atoms with Crippen LogP contribution in [0.25, 0.3) is 33.8 Å². The highest BCUT2D eigenvalue weighted by atomic mass is 16.5. The number of nitrogens with zero attached hydrogens (tertiary/aromatic N) is 4. The van der Waals surface area contributed by atoms with Gasteiger partial charge in [0.2, 0.25) is 0 Å². The maximum absolute atomic E-state index is 13.8. The van der Waals surface area contributed by atoms with E-state index in [9.17, 15) is 14.9 Å². The molecule has 8 nitrogen and oxygen atoms in total. The first-order valence-corrected chi connectivity index (χ1v) is 16.0. The molecule has 2 amide bonds. The van der Waals surface area contributed by atoms with Crippen LogP contribution < -0.4 is 4.74 Å². The van der Waals surface area contributed by atoms with Crippen molar-refractivity contribution in [3.05, 3.63) is 131 Å². The van der Waals surface area contributed by atoms with Crippen LogP contribution in [-0.4, -0.2) is 45.8 Å². The van der Waals surface area contributed by atoms with Gasteiger partial charge in [-0.05, 0) is 91.6 Å². The minimum atomic E-state index is -0.582. The molecular formula is C40H36N4O4. The van der Waals surface area contributed by atoms with E-state index in [2.05, 4.69) is 24.3 Å². The first-order chi connectivity index (χ1) is 23.3. The highest BCUT2D eigenvalue weighted by Gasteiger charge is 2.35. The Hall–Kier alpha value is -5.78. The van der Waals surface area contributed by atoms with Crippen LogP contribution in [0.2, 0.25) is 0 Å². The Morgan fingerprint density at radius 3 is 2.38 bits per heavy atom. The Labute approximate surface area is 280 Å². The summed E-state index contributed by atoms with van der Waals surface area (Å²) in [6.45, 7) is 6.47. The molecular weight excluding hydrogens is 600 g/mol. The van der Waals surface area contributed by atoms with Crippen molar-refractivity contribution in [2.45, 2.75) is 39.9 Å². The normalized spacial score (nSPS) is 14.3. The van der Waals surface area contributed by atoms with E-state index in [1.807, 2.05) is 98.9 Å². The minimum absolute atomic E-state index is 0.0365. The molecule has 4 aromatic carbocycles. The lowest BCUT2D eigenvalue weighted by Crippen LogP contribution is -2.43. The summed E-state index contributed by atoms with van der Waals surface area (Å²) in [6, 6.07) is 33.8. The number of rotatable bonds is 11. The fourth-order valence-corrected chi connectivity index (χ4v) is 5.75. The molecule has 0 aliphatic carbocycles. The van der Waals surface area contributed by atoms with Crippen molar-refractivity contribution < 1.29 is 19.1 Å². The molecule has 1 aromatic heterocycles. The van der Waals surface area contributed by atoms with Crippen molar-refractivity contribution in [3.63, 3.8) is 0 Å². The summed E-state index contributed by atoms with van der Waals surface area (Å²) in [5, 5.41) is 17.1. The monoisotopic (exact) mass is 636 g/mol. The summed E-state index contributed by atoms with van der Waals surface area (Å²) in [6.07, 6.45) is 4.08. The molecule has 0 saturated carbocycles. The van der Waals surface area contributed by atoms with Gasteiger partial charge in [-0.25, -0.2) is 4.68 Å². The number of hydrogen-bond donors (Lipinski definition) is 0. The number of fused-ring (bicyclic) bond motifs is 1. The predicted molar refractivity (Wildman–Crippen MR) is 186 cm³/mol. The lowest BCUT2D eigenvalue weighted by atomic mass is 9.93. The summed E-state index contributed by atoms with van der Waals surface area (Å²) < 4.78 is 13.6. The molecule has 0 spiro atoms. The molecule has 0 fully saturated rings. The number of nitriles is 1. The van der Waals surface area contributed by atoms with Crippen molar-refractivity contribution in [2.75, 3.05) is 13.2 Å². The smallest absolute Gasteiger partial charge is 0.271 e. The Bertz CT molecular complexity index is 2060. The molecule has 0 N–H and O–H groups in total. The second-order valence-corrected chi connectivity index (χ2v) is 11.9. The van der Waals surface area contributed by atoms with Crippen molar-refractivity contribution in [1.29, 1.82) is 5.26 Å². The van der Waals surface area contributed by atoms with E-state index in [-0.39, 0.29) is 23.8 Å². The van der Waals surface area contributed by atoms with E-state index >= 15 is 0 Å². The zero-order valence-electron chi connectivity index (χ0n) is 27.2. The lowest BCUT2D eigenvalue weighted by Gasteiger charge is -2.27. The van der Waals surface area contributed by atoms with Gasteiger partial charge in [-0.1, -0.05) is 60.7 Å². The molecule has 5 aromatic rings. The first kappa shape index (κ1) is 32.2. The molecule has 1 aliphatic heterocycles. The Morgan fingerprint density at radius 1 is 0.896 bits per heavy atom. The van der Waals surface area contributed by atoms with Crippen molar-refractivity contribution in [1.82, 2.24) is 14.7 Å². The minimum Gasteiger partial charge on any atom is -0.489 e. The average Bonchev–Trinajstić information content (AvgIpc) is 3.53. The molecule has 0 bridgehead atoms. The van der Waals surface area contributed by atoms with Crippen LogP contribution in [0.4, 0.5) is 0 Å². The number of hydrogen-bond acceptors (Lipinski definition) is 6. The number of amides is 2. The number of imide groups is 1. The molecule has 2 heterocycles. The van der Waals surface area contributed by atoms with Crippen LogP contribution >= 0.6 is 0 Å². The van der Waals surface area contributed by atoms with Gasteiger partial charge in [0.25, 0.3) is 11.8 Å². The highest BCUT2D eigenvalue weighted by molar-refractivity contribution is 6.19. The van der Waals surface area contributed by atoms with Gasteiger partial charge in [0.15, 0.2) is 0 Å². The summed E-state index contributed by atoms with van der Waals surface area (Å²) >= 11 is 0. The van der Waals surface area contributed by atoms with Gasteiger partial charge >= 0.3 is 0 Å². The largest absolute Gasteiger partial charge is 0.489 e. The number of para-hydroxylation sites is 1. The number of aromatic nitrogens is 2. The second-order valence-electron chi connectivity index (χ2n) is 11.9. The van der Waals surface area contributed by atoms with Crippen LogP contribution in [0, 0.1) is 11.3 Å². The molecule has 8 heteroatoms. The number of carbonyl (C=O) groups excluding carboxylic acids is 2. The van der Waals surface area contributed by atoms with Crippen LogP contribution in [0.1, 0.15) is 38.3 Å². The molecule has 1 aliphatic rings. The number of benzene rings is 4. The van der Waals surface area contributed by atoms with Crippen molar-refractivity contribution in [2.24, 2.45) is 0 Å². The van der Waals surface area contributed by atoms with Crippen LogP contribution in [0.3, 0.4) is 0 Å². The third kappa shape index (κ3) is 6.82. The molecule has 0 unspecified atom stereocenters. The number of carbonyl (C=O) groups is 2. The third-order valence-corrected chi connectivity index (χ3v) is 8.27. The SMILES string of the molecule is CC1=C(C#N)C(=O)N(CCCOC(C)C)C(=O)/C1=C/c1cn(-c2ccccc2)nc1-c1ccc(OCc2cccc3ccccc23)cc1. The van der Waals surface area contributed by atoms with Gasteiger partial charge < -0.3 is 9.47 Å². The summed E-state index contributed by atoms with van der Waals surface area (Å²) in [5.41, 5.74) is 4.65. The average molecular weight is 637 g/mol. The van der Waals surface area contributed by atoms with Gasteiger partial charge in [-0.15, -0.1) is 0 Å². The van der Waals surface area contributed by atoms with Gasteiger partial charge in [0, 0.05) is 36.0 Å². The maximum Gasteiger partial charge on any atom is 0.271 e. The molecule has 0 atom stereocenters. The van der Waals surface area contributed by atoms with E-state index in [1.54, 1.807) is 17.7 Å².